The molecule has 0 aliphatic heterocycles. The zero-order valence-corrected chi connectivity index (χ0v) is 8.04. The first kappa shape index (κ1) is 11.2. The second-order valence-corrected chi connectivity index (χ2v) is 3.71. The van der Waals surface area contributed by atoms with E-state index in [1.165, 1.54) is 0 Å². The largest absolute Gasteiger partial charge is 0.386 e. The molecule has 2 atom stereocenters. The molecule has 0 saturated heterocycles. The average molecular weight is 183 g/mol. The number of halogens is 1. The van der Waals surface area contributed by atoms with Gasteiger partial charge in [-0.25, -0.2) is 0 Å². The maximum atomic E-state index is 9.24. The number of nitrogens with zero attached hydrogens (tertiary/aromatic N) is 1. The van der Waals surface area contributed by atoms with Crippen LogP contribution in [-0.2, 0) is 0 Å². The van der Waals surface area contributed by atoms with Crippen molar-refractivity contribution in [1.82, 2.24) is 0 Å². The van der Waals surface area contributed by atoms with E-state index in [1.807, 2.05) is 14.1 Å². The molecule has 0 aromatic carbocycles. The summed E-state index contributed by atoms with van der Waals surface area (Å²) in [6, 6.07) is 0. The zero-order chi connectivity index (χ0) is 9.07. The number of quaternary nitrogens is 1. The van der Waals surface area contributed by atoms with E-state index in [2.05, 4.69) is 0 Å². The maximum Gasteiger partial charge on any atom is 0.187 e. The minimum atomic E-state index is -0.540. The number of aliphatic hydroxyl groups excluding tert-OH is 2. The Morgan fingerprint density at radius 2 is 1.82 bits per heavy atom. The molecule has 0 aromatic rings. The lowest BCUT2D eigenvalue weighted by atomic mass is 10.3. The van der Waals surface area contributed by atoms with Gasteiger partial charge in [-0.1, -0.05) is 0 Å². The predicted molar refractivity (Wildman–Crippen MR) is 45.4 cm³/mol. The first-order valence-electron chi connectivity index (χ1n) is 3.65. The molecule has 2 N–H and O–H groups in total. The molecular weight excluding hydrogens is 166 g/mol. The molecule has 0 heterocycles. The fraction of sp³-hybridized carbons (Fsp3) is 1.00. The summed E-state index contributed by atoms with van der Waals surface area (Å²) in [7, 11) is 3.70. The molecule has 0 radical (unpaired) electrons. The van der Waals surface area contributed by atoms with Gasteiger partial charge in [0.05, 0.1) is 20.0 Å². The van der Waals surface area contributed by atoms with Gasteiger partial charge in [0, 0.05) is 6.92 Å². The monoisotopic (exact) mass is 182 g/mol. The van der Waals surface area contributed by atoms with Gasteiger partial charge in [0.2, 0.25) is 0 Å². The molecular formula is C7H17ClNO2+. The third kappa shape index (κ3) is 3.91. The molecule has 0 aromatic heterocycles. The number of aliphatic hydroxyl groups is 2. The second-order valence-electron chi connectivity index (χ2n) is 3.40. The van der Waals surface area contributed by atoms with Crippen LogP contribution in [0.4, 0.5) is 0 Å². The molecule has 0 aliphatic carbocycles. The normalized spacial score (nSPS) is 18.0. The second kappa shape index (κ2) is 4.26. The molecule has 0 bridgehead atoms. The molecule has 0 rings (SSSR count). The molecule has 4 heteroatoms. The van der Waals surface area contributed by atoms with Crippen LogP contribution in [0.15, 0.2) is 0 Å². The van der Waals surface area contributed by atoms with Crippen molar-refractivity contribution in [2.24, 2.45) is 0 Å². The molecule has 68 valence electrons. The molecule has 0 spiro atoms. The Morgan fingerprint density at radius 1 is 1.36 bits per heavy atom. The Morgan fingerprint density at radius 3 is 2.09 bits per heavy atom. The van der Waals surface area contributed by atoms with Crippen molar-refractivity contribution < 1.29 is 14.7 Å². The van der Waals surface area contributed by atoms with Crippen LogP contribution in [-0.4, -0.2) is 53.5 Å². The highest BCUT2D eigenvalue weighted by Crippen LogP contribution is 2.05. The number of likely N-dealkylation sites (N-methyl/N-ethyl adjacent to an activating group) is 1. The van der Waals surface area contributed by atoms with Crippen molar-refractivity contribution in [3.05, 3.63) is 0 Å². The minimum Gasteiger partial charge on any atom is -0.386 e. The highest BCUT2D eigenvalue weighted by Gasteiger charge is 2.24. The number of alkyl halides is 1. The number of hydrogen-bond acceptors (Lipinski definition) is 2. The Bertz CT molecular complexity index is 117. The van der Waals surface area contributed by atoms with Crippen molar-refractivity contribution in [2.75, 3.05) is 26.5 Å². The number of hydrogen-bond donors (Lipinski definition) is 2. The maximum absolute atomic E-state index is 9.24. The van der Waals surface area contributed by atoms with E-state index in [9.17, 15) is 10.2 Å². The summed E-state index contributed by atoms with van der Waals surface area (Å²) >= 11 is 5.42. The van der Waals surface area contributed by atoms with Gasteiger partial charge in [0.15, 0.2) is 6.23 Å². The summed E-state index contributed by atoms with van der Waals surface area (Å²) in [6.45, 7) is 2.17. The van der Waals surface area contributed by atoms with Gasteiger partial charge in [-0.05, 0) is 0 Å². The highest BCUT2D eigenvalue weighted by molar-refractivity contribution is 6.18. The first-order chi connectivity index (χ1) is 4.90. The van der Waals surface area contributed by atoms with Crippen molar-refractivity contribution >= 4 is 11.6 Å². The summed E-state index contributed by atoms with van der Waals surface area (Å²) in [6.07, 6.45) is -1.02. The van der Waals surface area contributed by atoms with E-state index in [-0.39, 0.29) is 5.88 Å². The van der Waals surface area contributed by atoms with Crippen LogP contribution in [0.5, 0.6) is 0 Å². The van der Waals surface area contributed by atoms with E-state index in [0.717, 1.165) is 0 Å². The summed E-state index contributed by atoms with van der Waals surface area (Å²) in [5.41, 5.74) is 0. The summed E-state index contributed by atoms with van der Waals surface area (Å²) in [4.78, 5) is 0. The molecule has 2 unspecified atom stereocenters. The predicted octanol–water partition coefficient (Wildman–Crippen LogP) is 0.000800. The Labute approximate surface area is 72.8 Å². The van der Waals surface area contributed by atoms with Crippen LogP contribution in [0.3, 0.4) is 0 Å². The van der Waals surface area contributed by atoms with E-state index < -0.39 is 12.3 Å². The van der Waals surface area contributed by atoms with Crippen molar-refractivity contribution in [3.63, 3.8) is 0 Å². The summed E-state index contributed by atoms with van der Waals surface area (Å²) in [5.74, 6) is 0.217. The Balaban J connectivity index is 3.90. The Hall–Kier alpha value is 0.170. The van der Waals surface area contributed by atoms with Crippen LogP contribution >= 0.6 is 11.6 Å². The molecule has 11 heavy (non-hydrogen) atoms. The van der Waals surface area contributed by atoms with Gasteiger partial charge in [0.25, 0.3) is 0 Å². The summed E-state index contributed by atoms with van der Waals surface area (Å²) in [5, 5.41) is 18.4. The zero-order valence-electron chi connectivity index (χ0n) is 7.29. The fourth-order valence-electron chi connectivity index (χ4n) is 0.745. The van der Waals surface area contributed by atoms with Gasteiger partial charge >= 0.3 is 0 Å². The molecule has 0 aliphatic rings. The van der Waals surface area contributed by atoms with Crippen LogP contribution in [0.1, 0.15) is 6.92 Å². The SMILES string of the molecule is CC(O)[N+](C)(C)CC(O)CCl. The molecule has 0 amide bonds. The van der Waals surface area contributed by atoms with Gasteiger partial charge in [-0.3, -0.25) is 0 Å². The van der Waals surface area contributed by atoms with Gasteiger partial charge in [0.1, 0.15) is 12.6 Å². The van der Waals surface area contributed by atoms with E-state index in [4.69, 9.17) is 11.6 Å². The lowest BCUT2D eigenvalue weighted by Gasteiger charge is -2.33. The highest BCUT2D eigenvalue weighted by atomic mass is 35.5. The third-order valence-electron chi connectivity index (χ3n) is 1.87. The van der Waals surface area contributed by atoms with Gasteiger partial charge in [-0.2, -0.15) is 0 Å². The smallest absolute Gasteiger partial charge is 0.187 e. The Kier molecular flexibility index (Phi) is 4.32. The fourth-order valence-corrected chi connectivity index (χ4v) is 0.842. The van der Waals surface area contributed by atoms with Crippen LogP contribution < -0.4 is 0 Å². The molecule has 0 saturated carbocycles. The van der Waals surface area contributed by atoms with E-state index in [1.54, 1.807) is 6.92 Å². The van der Waals surface area contributed by atoms with E-state index >= 15 is 0 Å². The standard InChI is InChI=1S/C7H17ClNO2/c1-6(10)9(2,3)5-7(11)4-8/h6-7,10-11H,4-5H2,1-3H3/q+1. The average Bonchev–Trinajstić information content (AvgIpc) is 1.86. The lowest BCUT2D eigenvalue weighted by molar-refractivity contribution is -0.936. The quantitative estimate of drug-likeness (QED) is 0.365. The minimum absolute atomic E-state index is 0.217. The van der Waals surface area contributed by atoms with Crippen molar-refractivity contribution in [2.45, 2.75) is 19.3 Å². The van der Waals surface area contributed by atoms with Crippen molar-refractivity contribution in [3.8, 4) is 0 Å². The topological polar surface area (TPSA) is 40.5 Å². The third-order valence-corrected chi connectivity index (χ3v) is 2.23. The summed E-state index contributed by atoms with van der Waals surface area (Å²) < 4.78 is 0.369. The van der Waals surface area contributed by atoms with E-state index in [0.29, 0.717) is 11.0 Å². The van der Waals surface area contributed by atoms with Crippen LogP contribution in [0, 0.1) is 0 Å². The number of rotatable bonds is 4. The van der Waals surface area contributed by atoms with Gasteiger partial charge < -0.3 is 14.7 Å². The van der Waals surface area contributed by atoms with Crippen molar-refractivity contribution in [1.29, 1.82) is 0 Å². The molecule has 0 fully saturated rings. The molecule has 3 nitrogen and oxygen atoms in total. The first-order valence-corrected chi connectivity index (χ1v) is 4.18. The van der Waals surface area contributed by atoms with Crippen LogP contribution in [0.2, 0.25) is 0 Å². The lowest BCUT2D eigenvalue weighted by Crippen LogP contribution is -2.51. The van der Waals surface area contributed by atoms with Gasteiger partial charge in [-0.15, -0.1) is 11.6 Å². The van der Waals surface area contributed by atoms with Crippen LogP contribution in [0.25, 0.3) is 0 Å².